The van der Waals surface area contributed by atoms with Gasteiger partial charge < -0.3 is 15.7 Å². The third-order valence-electron chi connectivity index (χ3n) is 1.46. The zero-order valence-electron chi connectivity index (χ0n) is 7.79. The fraction of sp³-hybridized carbons (Fsp3) is 0.286. The maximum Gasteiger partial charge on any atom is 0.404 e. The molecule has 9 heteroatoms. The van der Waals surface area contributed by atoms with E-state index in [1.54, 1.807) is 0 Å². The predicted octanol–water partition coefficient (Wildman–Crippen LogP) is 1.56. The molecule has 0 atom stereocenters. The number of nitrogens with zero attached hydrogens (tertiary/aromatic N) is 1. The molecule has 0 aliphatic carbocycles. The van der Waals surface area contributed by atoms with Crippen LogP contribution < -0.4 is 10.6 Å². The van der Waals surface area contributed by atoms with Crippen LogP contribution in [-0.4, -0.2) is 35.2 Å². The second-order valence-electron chi connectivity index (χ2n) is 2.58. The van der Waals surface area contributed by atoms with Crippen molar-refractivity contribution in [3.8, 4) is 0 Å². The Labute approximate surface area is 108 Å². The van der Waals surface area contributed by atoms with Gasteiger partial charge in [-0.2, -0.15) is 0 Å². The monoisotopic (exact) mass is 327 g/mol. The molecule has 2 amide bonds. The zero-order valence-corrected chi connectivity index (χ0v) is 10.9. The Morgan fingerprint density at radius 3 is 2.56 bits per heavy atom. The van der Waals surface area contributed by atoms with Crippen LogP contribution in [0.5, 0.6) is 0 Å². The van der Waals surface area contributed by atoms with Gasteiger partial charge in [-0.3, -0.25) is 4.79 Å². The van der Waals surface area contributed by atoms with Crippen LogP contribution in [0.15, 0.2) is 3.79 Å². The summed E-state index contributed by atoms with van der Waals surface area (Å²) in [6.07, 6.45) is -1.13. The highest BCUT2D eigenvalue weighted by molar-refractivity contribution is 9.11. The van der Waals surface area contributed by atoms with E-state index in [1.807, 2.05) is 0 Å². The highest BCUT2D eigenvalue weighted by atomic mass is 79.9. The summed E-state index contributed by atoms with van der Waals surface area (Å²) in [5.41, 5.74) is 0.199. The molecule has 0 aromatic carbocycles. The minimum absolute atomic E-state index is 0.135. The number of carboxylic acid groups (broad SMARTS) is 1. The van der Waals surface area contributed by atoms with Gasteiger partial charge in [-0.15, -0.1) is 0 Å². The molecule has 1 rings (SSSR count). The fourth-order valence-corrected chi connectivity index (χ4v) is 2.69. The van der Waals surface area contributed by atoms with Gasteiger partial charge in [0, 0.05) is 13.1 Å². The first-order valence-electron chi connectivity index (χ1n) is 4.07. The Hall–Kier alpha value is -0.860. The first-order chi connectivity index (χ1) is 7.50. The molecule has 0 unspecified atom stereocenters. The number of hydrogen-bond donors (Lipinski definition) is 3. The summed E-state index contributed by atoms with van der Waals surface area (Å²) >= 11 is 9.91. The molecule has 0 saturated carbocycles. The summed E-state index contributed by atoms with van der Waals surface area (Å²) in [5.74, 6) is -0.401. The number of carbonyl (C=O) groups excluding carboxylic acids is 1. The Bertz CT molecular complexity index is 412. The van der Waals surface area contributed by atoms with Crippen molar-refractivity contribution in [2.75, 3.05) is 13.1 Å². The Kier molecular flexibility index (Phi) is 4.97. The first kappa shape index (κ1) is 13.2. The normalized spacial score (nSPS) is 9.88. The highest BCUT2D eigenvalue weighted by Crippen LogP contribution is 2.27. The van der Waals surface area contributed by atoms with Crippen LogP contribution in [0.25, 0.3) is 0 Å². The van der Waals surface area contributed by atoms with Gasteiger partial charge in [0.2, 0.25) is 0 Å². The summed E-state index contributed by atoms with van der Waals surface area (Å²) in [6, 6.07) is 0. The molecule has 3 N–H and O–H groups in total. The smallest absolute Gasteiger partial charge is 0.404 e. The first-order valence-corrected chi connectivity index (χ1v) is 6.06. The lowest BCUT2D eigenvalue weighted by molar-refractivity contribution is 0.0948. The Morgan fingerprint density at radius 1 is 1.44 bits per heavy atom. The van der Waals surface area contributed by atoms with E-state index in [0.29, 0.717) is 3.79 Å². The molecule has 16 heavy (non-hydrogen) atoms. The molecule has 0 spiro atoms. The largest absolute Gasteiger partial charge is 0.465 e. The van der Waals surface area contributed by atoms with Crippen molar-refractivity contribution in [1.29, 1.82) is 0 Å². The molecule has 0 bridgehead atoms. The molecule has 0 aliphatic heterocycles. The van der Waals surface area contributed by atoms with Gasteiger partial charge in [-0.25, -0.2) is 9.78 Å². The minimum Gasteiger partial charge on any atom is -0.465 e. The highest BCUT2D eigenvalue weighted by Gasteiger charge is 2.15. The average molecular weight is 329 g/mol. The molecule has 88 valence electrons. The molecule has 0 saturated heterocycles. The van der Waals surface area contributed by atoms with Crippen LogP contribution in [-0.2, 0) is 0 Å². The fourth-order valence-electron chi connectivity index (χ4n) is 0.846. The van der Waals surface area contributed by atoms with E-state index in [1.165, 1.54) is 0 Å². The van der Waals surface area contributed by atoms with E-state index in [9.17, 15) is 9.59 Å². The summed E-state index contributed by atoms with van der Waals surface area (Å²) in [7, 11) is 0. The summed E-state index contributed by atoms with van der Waals surface area (Å²) in [6.45, 7) is 0.323. The van der Waals surface area contributed by atoms with Crippen molar-refractivity contribution < 1.29 is 14.7 Å². The third kappa shape index (κ3) is 3.95. The van der Waals surface area contributed by atoms with E-state index < -0.39 is 12.0 Å². The van der Waals surface area contributed by atoms with Crippen molar-refractivity contribution in [2.24, 2.45) is 0 Å². The number of rotatable bonds is 4. The molecule has 0 fully saturated rings. The average Bonchev–Trinajstić information content (AvgIpc) is 2.52. The summed E-state index contributed by atoms with van der Waals surface area (Å²) in [5, 5.41) is 12.9. The number of hydrogen-bond acceptors (Lipinski definition) is 4. The molecule has 0 aliphatic rings. The van der Waals surface area contributed by atoms with E-state index in [4.69, 9.17) is 16.7 Å². The number of aromatic nitrogens is 1. The van der Waals surface area contributed by atoms with Crippen LogP contribution in [0, 0.1) is 0 Å². The second-order valence-corrected chi connectivity index (χ2v) is 5.48. The molecule has 1 aromatic heterocycles. The van der Waals surface area contributed by atoms with Crippen molar-refractivity contribution in [3.05, 3.63) is 13.9 Å². The SMILES string of the molecule is O=C(O)NCCNC(=O)c1nc(Cl)sc1Br. The number of amides is 2. The van der Waals surface area contributed by atoms with Gasteiger partial charge in [0.25, 0.3) is 5.91 Å². The van der Waals surface area contributed by atoms with E-state index in [2.05, 4.69) is 31.5 Å². The summed E-state index contributed by atoms with van der Waals surface area (Å²) < 4.78 is 0.807. The quantitative estimate of drug-likeness (QED) is 0.731. The van der Waals surface area contributed by atoms with Crippen LogP contribution in [0.4, 0.5) is 4.79 Å². The molecule has 0 radical (unpaired) electrons. The van der Waals surface area contributed by atoms with Gasteiger partial charge in [-0.05, 0) is 15.9 Å². The maximum atomic E-state index is 11.5. The molecule has 1 aromatic rings. The lowest BCUT2D eigenvalue weighted by Gasteiger charge is -2.03. The summed E-state index contributed by atoms with van der Waals surface area (Å²) in [4.78, 5) is 25.4. The van der Waals surface area contributed by atoms with E-state index in [-0.39, 0.29) is 23.3 Å². The second kappa shape index (κ2) is 6.02. The molecular weight excluding hydrogens is 322 g/mol. The molecular formula is C7H7BrClN3O3S. The number of carbonyl (C=O) groups is 2. The molecule has 1 heterocycles. The van der Waals surface area contributed by atoms with Gasteiger partial charge in [0.15, 0.2) is 10.2 Å². The molecule has 6 nitrogen and oxygen atoms in total. The predicted molar refractivity (Wildman–Crippen MR) is 63.2 cm³/mol. The van der Waals surface area contributed by atoms with Crippen molar-refractivity contribution in [3.63, 3.8) is 0 Å². The van der Waals surface area contributed by atoms with Crippen LogP contribution in [0.1, 0.15) is 10.5 Å². The van der Waals surface area contributed by atoms with Gasteiger partial charge in [0.1, 0.15) is 3.79 Å². The van der Waals surface area contributed by atoms with Gasteiger partial charge in [0.05, 0.1) is 0 Å². The number of nitrogens with one attached hydrogen (secondary N) is 2. The van der Waals surface area contributed by atoms with E-state index >= 15 is 0 Å². The van der Waals surface area contributed by atoms with Crippen molar-refractivity contribution >= 4 is 50.9 Å². The number of thiazole rings is 1. The topological polar surface area (TPSA) is 91.3 Å². The van der Waals surface area contributed by atoms with Crippen molar-refractivity contribution in [1.82, 2.24) is 15.6 Å². The van der Waals surface area contributed by atoms with Crippen LogP contribution in [0.2, 0.25) is 4.47 Å². The minimum atomic E-state index is -1.13. The van der Waals surface area contributed by atoms with Crippen LogP contribution in [0.3, 0.4) is 0 Å². The maximum absolute atomic E-state index is 11.5. The number of halogens is 2. The lowest BCUT2D eigenvalue weighted by atomic mass is 10.4. The van der Waals surface area contributed by atoms with Crippen molar-refractivity contribution in [2.45, 2.75) is 0 Å². The van der Waals surface area contributed by atoms with Gasteiger partial charge in [-0.1, -0.05) is 22.9 Å². The Morgan fingerprint density at radius 2 is 2.06 bits per heavy atom. The third-order valence-corrected chi connectivity index (χ3v) is 3.27. The van der Waals surface area contributed by atoms with Gasteiger partial charge >= 0.3 is 6.09 Å². The standard InChI is InChI=1S/C7H7BrClN3O3S/c8-4-3(12-6(9)16-4)5(13)10-1-2-11-7(14)15/h11H,1-2H2,(H,10,13)(H,14,15). The van der Waals surface area contributed by atoms with Crippen LogP contribution >= 0.6 is 38.9 Å². The lowest BCUT2D eigenvalue weighted by Crippen LogP contribution is -2.34. The zero-order chi connectivity index (χ0) is 12.1. The van der Waals surface area contributed by atoms with E-state index in [0.717, 1.165) is 11.3 Å². The Balaban J connectivity index is 2.41.